The van der Waals surface area contributed by atoms with Crippen molar-refractivity contribution in [1.29, 1.82) is 0 Å². The van der Waals surface area contributed by atoms with E-state index in [2.05, 4.69) is 0 Å². The first-order valence-corrected chi connectivity index (χ1v) is 10.8. The van der Waals surface area contributed by atoms with Crippen LogP contribution in [0.5, 0.6) is 5.75 Å². The van der Waals surface area contributed by atoms with Crippen molar-refractivity contribution in [2.75, 3.05) is 25.2 Å². The van der Waals surface area contributed by atoms with Crippen molar-refractivity contribution in [3.05, 3.63) is 63.1 Å². The standard InChI is InChI=1S/C23H25F2N3O5/c1-3-26-19-9-7-15(33-2)11-27(19)28-12-16(21(30)22(31)20(28)23(26)32)18(29)8-5-13-4-6-14(24)10-17(13)25/h4,6,10,12,15,19,31H,3,5,7-9,11H2,1-2H3/t15-,19+/m1/s1. The average molecular weight is 461 g/mol. The molecule has 0 spiro atoms. The van der Waals surface area contributed by atoms with Gasteiger partial charge in [0.1, 0.15) is 17.8 Å². The van der Waals surface area contributed by atoms with Gasteiger partial charge in [-0.2, -0.15) is 0 Å². The minimum atomic E-state index is -0.950. The highest BCUT2D eigenvalue weighted by Gasteiger charge is 2.42. The van der Waals surface area contributed by atoms with Crippen LogP contribution in [0, 0.1) is 11.6 Å². The van der Waals surface area contributed by atoms with E-state index in [1.807, 2.05) is 11.9 Å². The Morgan fingerprint density at radius 3 is 2.67 bits per heavy atom. The maximum absolute atomic E-state index is 13.9. The number of rotatable bonds is 6. The molecule has 2 aromatic rings. The van der Waals surface area contributed by atoms with Crippen LogP contribution in [0.3, 0.4) is 0 Å². The van der Waals surface area contributed by atoms with Gasteiger partial charge in [-0.25, -0.2) is 8.78 Å². The van der Waals surface area contributed by atoms with E-state index >= 15 is 0 Å². The molecule has 1 saturated heterocycles. The number of carbonyl (C=O) groups excluding carboxylic acids is 2. The van der Waals surface area contributed by atoms with Gasteiger partial charge >= 0.3 is 0 Å². The number of hydrogen-bond acceptors (Lipinski definition) is 6. The molecule has 2 aliphatic rings. The zero-order valence-electron chi connectivity index (χ0n) is 18.4. The minimum absolute atomic E-state index is 0.0481. The second-order valence-corrected chi connectivity index (χ2v) is 8.20. The predicted molar refractivity (Wildman–Crippen MR) is 115 cm³/mol. The second-order valence-electron chi connectivity index (χ2n) is 8.20. The predicted octanol–water partition coefficient (Wildman–Crippen LogP) is 2.20. The summed E-state index contributed by atoms with van der Waals surface area (Å²) in [5.74, 6) is -3.40. The smallest absolute Gasteiger partial charge is 0.278 e. The Morgan fingerprint density at radius 2 is 2.00 bits per heavy atom. The van der Waals surface area contributed by atoms with E-state index in [0.717, 1.165) is 18.6 Å². The Kier molecular flexibility index (Phi) is 6.20. The maximum Gasteiger partial charge on any atom is 0.278 e. The number of pyridine rings is 1. The van der Waals surface area contributed by atoms with Crippen molar-refractivity contribution in [2.45, 2.75) is 44.9 Å². The summed E-state index contributed by atoms with van der Waals surface area (Å²) in [7, 11) is 1.59. The van der Waals surface area contributed by atoms with Gasteiger partial charge in [0.15, 0.2) is 17.2 Å². The molecule has 0 saturated carbocycles. The largest absolute Gasteiger partial charge is 0.502 e. The molecule has 0 unspecified atom stereocenters. The molecule has 0 aliphatic carbocycles. The summed E-state index contributed by atoms with van der Waals surface area (Å²) in [4.78, 5) is 40.3. The summed E-state index contributed by atoms with van der Waals surface area (Å²) in [6.07, 6.45) is 1.93. The second kappa shape index (κ2) is 8.93. The number of halogens is 2. The first-order valence-electron chi connectivity index (χ1n) is 10.8. The topological polar surface area (TPSA) is 92.1 Å². The molecule has 4 rings (SSSR count). The van der Waals surface area contributed by atoms with E-state index in [9.17, 15) is 28.3 Å². The summed E-state index contributed by atoms with van der Waals surface area (Å²) >= 11 is 0. The molecule has 1 amide bonds. The van der Waals surface area contributed by atoms with Crippen LogP contribution in [0.1, 0.15) is 52.6 Å². The fraction of sp³-hybridized carbons (Fsp3) is 0.435. The Balaban J connectivity index is 1.70. The number of ketones is 1. The first-order chi connectivity index (χ1) is 15.8. The molecule has 176 valence electrons. The van der Waals surface area contributed by atoms with Crippen LogP contribution >= 0.6 is 0 Å². The number of hydrogen-bond donors (Lipinski definition) is 1. The SMILES string of the molecule is CCN1C(=O)c2c(O)c(=O)c(C(=O)CCc3ccc(F)cc3F)cn2N2C[C@H](OC)CC[C@@H]12. The van der Waals surface area contributed by atoms with Crippen LogP contribution in [-0.4, -0.2) is 58.8 Å². The van der Waals surface area contributed by atoms with Crippen molar-refractivity contribution in [3.63, 3.8) is 0 Å². The number of fused-ring (bicyclic) bond motifs is 3. The third kappa shape index (κ3) is 3.99. The van der Waals surface area contributed by atoms with E-state index < -0.39 is 34.5 Å². The van der Waals surface area contributed by atoms with E-state index in [0.29, 0.717) is 19.5 Å². The fourth-order valence-corrected chi connectivity index (χ4v) is 4.57. The van der Waals surface area contributed by atoms with Crippen LogP contribution in [0.25, 0.3) is 0 Å². The summed E-state index contributed by atoms with van der Waals surface area (Å²) in [6, 6.07) is 3.07. The molecule has 2 aliphatic heterocycles. The lowest BCUT2D eigenvalue weighted by Crippen LogP contribution is -2.65. The molecule has 0 bridgehead atoms. The monoisotopic (exact) mass is 461 g/mol. The summed E-state index contributed by atoms with van der Waals surface area (Å²) in [5, 5.41) is 12.5. The zero-order valence-corrected chi connectivity index (χ0v) is 18.4. The zero-order chi connectivity index (χ0) is 23.9. The number of nitrogens with zero attached hydrogens (tertiary/aromatic N) is 3. The molecule has 10 heteroatoms. The molecular weight excluding hydrogens is 436 g/mol. The average Bonchev–Trinajstić information content (AvgIpc) is 2.80. The van der Waals surface area contributed by atoms with Gasteiger partial charge in [0.2, 0.25) is 5.43 Å². The number of Topliss-reactive ketones (excluding diaryl/α,β-unsaturated/α-hetero) is 1. The van der Waals surface area contributed by atoms with Crippen molar-refractivity contribution in [1.82, 2.24) is 9.58 Å². The van der Waals surface area contributed by atoms with Crippen LogP contribution in [0.4, 0.5) is 8.78 Å². The summed E-state index contributed by atoms with van der Waals surface area (Å²) in [6.45, 7) is 2.60. The van der Waals surface area contributed by atoms with E-state index in [4.69, 9.17) is 4.74 Å². The number of piperidine rings is 1. The molecule has 1 aromatic heterocycles. The highest BCUT2D eigenvalue weighted by Crippen LogP contribution is 2.30. The number of benzene rings is 1. The molecule has 1 fully saturated rings. The molecule has 3 heterocycles. The van der Waals surface area contributed by atoms with E-state index in [1.165, 1.54) is 16.9 Å². The number of aryl methyl sites for hydroxylation is 1. The van der Waals surface area contributed by atoms with Gasteiger partial charge < -0.3 is 14.7 Å². The Morgan fingerprint density at radius 1 is 1.24 bits per heavy atom. The Hall–Kier alpha value is -3.27. The van der Waals surface area contributed by atoms with Gasteiger partial charge in [-0.3, -0.25) is 24.1 Å². The van der Waals surface area contributed by atoms with Crippen LogP contribution < -0.4 is 10.4 Å². The van der Waals surface area contributed by atoms with Crippen LogP contribution in [0.2, 0.25) is 0 Å². The van der Waals surface area contributed by atoms with Crippen molar-refractivity contribution < 1.29 is 28.2 Å². The number of aromatic nitrogens is 1. The van der Waals surface area contributed by atoms with Gasteiger partial charge in [0.05, 0.1) is 18.2 Å². The molecule has 33 heavy (non-hydrogen) atoms. The lowest BCUT2D eigenvalue weighted by atomic mass is 10.0. The van der Waals surface area contributed by atoms with Crippen molar-refractivity contribution >= 4 is 11.7 Å². The number of ether oxygens (including phenoxy) is 1. The van der Waals surface area contributed by atoms with Gasteiger partial charge in [0.25, 0.3) is 5.91 Å². The van der Waals surface area contributed by atoms with Crippen LogP contribution in [-0.2, 0) is 11.2 Å². The van der Waals surface area contributed by atoms with Gasteiger partial charge in [-0.15, -0.1) is 0 Å². The third-order valence-electron chi connectivity index (χ3n) is 6.36. The lowest BCUT2D eigenvalue weighted by Gasteiger charge is -2.50. The van der Waals surface area contributed by atoms with E-state index in [1.54, 1.807) is 12.0 Å². The maximum atomic E-state index is 13.9. The Bertz CT molecular complexity index is 1170. The molecular formula is C23H25F2N3O5. The first kappa shape index (κ1) is 22.9. The number of carbonyl (C=O) groups is 2. The number of amides is 1. The molecule has 0 radical (unpaired) electrons. The number of aromatic hydroxyl groups is 1. The van der Waals surface area contributed by atoms with Gasteiger partial charge in [0, 0.05) is 32.3 Å². The Labute approximate surface area is 188 Å². The molecule has 8 nitrogen and oxygen atoms in total. The third-order valence-corrected chi connectivity index (χ3v) is 6.36. The minimum Gasteiger partial charge on any atom is -0.502 e. The fourth-order valence-electron chi connectivity index (χ4n) is 4.57. The molecule has 2 atom stereocenters. The van der Waals surface area contributed by atoms with E-state index in [-0.39, 0.29) is 41.9 Å². The lowest BCUT2D eigenvalue weighted by molar-refractivity contribution is 0.0256. The molecule has 1 aromatic carbocycles. The summed E-state index contributed by atoms with van der Waals surface area (Å²) < 4.78 is 33.9. The van der Waals surface area contributed by atoms with Gasteiger partial charge in [-0.1, -0.05) is 6.07 Å². The molecule has 1 N–H and O–H groups in total. The quantitative estimate of drug-likeness (QED) is 0.664. The van der Waals surface area contributed by atoms with Crippen molar-refractivity contribution in [2.24, 2.45) is 0 Å². The van der Waals surface area contributed by atoms with Crippen molar-refractivity contribution in [3.8, 4) is 5.75 Å². The normalized spacial score (nSPS) is 19.9. The number of methoxy groups -OCH3 is 1. The summed E-state index contributed by atoms with van der Waals surface area (Å²) in [5.41, 5.74) is -1.31. The highest BCUT2D eigenvalue weighted by molar-refractivity contribution is 6.00. The highest BCUT2D eigenvalue weighted by atomic mass is 19.1. The van der Waals surface area contributed by atoms with Gasteiger partial charge in [-0.05, 0) is 37.8 Å². The van der Waals surface area contributed by atoms with Crippen LogP contribution in [0.15, 0.2) is 29.2 Å².